The van der Waals surface area contributed by atoms with Crippen LogP contribution in [0, 0.1) is 5.82 Å². The lowest BCUT2D eigenvalue weighted by Crippen LogP contribution is -2.22. The minimum Gasteiger partial charge on any atom is -0.496 e. The van der Waals surface area contributed by atoms with E-state index >= 15 is 0 Å². The van der Waals surface area contributed by atoms with Crippen molar-refractivity contribution in [2.45, 2.75) is 17.5 Å². The number of thioether (sulfide) groups is 1. The Kier molecular flexibility index (Phi) is 5.01. The Hall–Kier alpha value is -2.12. The quantitative estimate of drug-likeness (QED) is 0.376. The molecule has 2 heterocycles. The summed E-state index contributed by atoms with van der Waals surface area (Å²) in [7, 11) is 1.55. The Morgan fingerprint density at radius 1 is 1.46 bits per heavy atom. The minimum absolute atomic E-state index is 0.0881. The van der Waals surface area contributed by atoms with Crippen LogP contribution in [-0.2, 0) is 12.3 Å². The van der Waals surface area contributed by atoms with Crippen molar-refractivity contribution in [3.8, 4) is 5.75 Å². The summed E-state index contributed by atoms with van der Waals surface area (Å²) in [5.41, 5.74) is 0.628. The van der Waals surface area contributed by atoms with Gasteiger partial charge in [-0.25, -0.2) is 9.37 Å². The highest BCUT2D eigenvalue weighted by molar-refractivity contribution is 7.98. The molecular weight excluding hydrogens is 347 g/mol. The molecule has 0 amide bonds. The van der Waals surface area contributed by atoms with Crippen LogP contribution in [-0.4, -0.2) is 16.7 Å². The van der Waals surface area contributed by atoms with E-state index in [1.54, 1.807) is 29.9 Å². The van der Waals surface area contributed by atoms with E-state index in [-0.39, 0.29) is 11.4 Å². The highest BCUT2D eigenvalue weighted by Gasteiger charge is 2.13. The second-order valence-electron chi connectivity index (χ2n) is 4.98. The molecule has 0 fully saturated rings. The molecule has 0 saturated heterocycles. The fraction of sp³-hybridized carbons (Fsp3) is 0.176. The molecule has 0 spiro atoms. The van der Waals surface area contributed by atoms with Gasteiger partial charge in [-0.3, -0.25) is 9.36 Å². The summed E-state index contributed by atoms with van der Waals surface area (Å²) in [6.45, 7) is 4.07. The summed E-state index contributed by atoms with van der Waals surface area (Å²) < 4.78 is 20.3. The van der Waals surface area contributed by atoms with E-state index < -0.39 is 0 Å². The Morgan fingerprint density at radius 2 is 2.29 bits per heavy atom. The second-order valence-corrected chi connectivity index (χ2v) is 6.82. The number of halogens is 1. The Bertz CT molecular complexity index is 949. The maximum atomic E-state index is 13.5. The van der Waals surface area contributed by atoms with Gasteiger partial charge in [-0.15, -0.1) is 17.9 Å². The molecule has 0 radical (unpaired) electrons. The zero-order valence-corrected chi connectivity index (χ0v) is 14.6. The lowest BCUT2D eigenvalue weighted by atomic mass is 10.2. The van der Waals surface area contributed by atoms with Gasteiger partial charge in [0.05, 0.1) is 12.5 Å². The van der Waals surface area contributed by atoms with E-state index in [2.05, 4.69) is 11.6 Å². The number of benzene rings is 1. The van der Waals surface area contributed by atoms with Gasteiger partial charge in [0.1, 0.15) is 16.4 Å². The number of rotatable bonds is 6. The number of ether oxygens (including phenoxy) is 1. The average molecular weight is 362 g/mol. The molecule has 7 heteroatoms. The molecule has 2 aromatic heterocycles. The van der Waals surface area contributed by atoms with Crippen molar-refractivity contribution in [2.24, 2.45) is 0 Å². The van der Waals surface area contributed by atoms with Gasteiger partial charge < -0.3 is 4.74 Å². The molecule has 3 aromatic rings. The molecular formula is C17H15FN2O2S2. The second kappa shape index (κ2) is 7.19. The standard InChI is InChI=1S/C17H15FN2O2S2/c1-3-7-20-16(21)13-6-8-23-15(13)19-17(20)24-10-11-9-12(18)4-5-14(11)22-2/h3-6,8-9H,1,7,10H2,2H3. The van der Waals surface area contributed by atoms with E-state index in [1.165, 1.54) is 35.2 Å². The maximum Gasteiger partial charge on any atom is 0.263 e. The molecule has 124 valence electrons. The van der Waals surface area contributed by atoms with E-state index in [0.717, 1.165) is 0 Å². The molecule has 0 saturated carbocycles. The predicted octanol–water partition coefficient (Wildman–Crippen LogP) is 4.08. The van der Waals surface area contributed by atoms with Gasteiger partial charge in [-0.1, -0.05) is 17.8 Å². The van der Waals surface area contributed by atoms with Crippen LogP contribution >= 0.6 is 23.1 Å². The van der Waals surface area contributed by atoms with E-state index in [9.17, 15) is 9.18 Å². The van der Waals surface area contributed by atoms with Crippen LogP contribution in [0.2, 0.25) is 0 Å². The summed E-state index contributed by atoms with van der Waals surface area (Å²) in [6.07, 6.45) is 1.66. The monoisotopic (exact) mass is 362 g/mol. The van der Waals surface area contributed by atoms with Crippen LogP contribution in [0.4, 0.5) is 4.39 Å². The first-order valence-corrected chi connectivity index (χ1v) is 9.04. The molecule has 4 nitrogen and oxygen atoms in total. The fourth-order valence-corrected chi connectivity index (χ4v) is 4.12. The summed E-state index contributed by atoms with van der Waals surface area (Å²) in [5, 5.41) is 3.04. The highest BCUT2D eigenvalue weighted by atomic mass is 32.2. The minimum atomic E-state index is -0.323. The highest BCUT2D eigenvalue weighted by Crippen LogP contribution is 2.28. The number of thiophene rings is 1. The smallest absolute Gasteiger partial charge is 0.263 e. The Balaban J connectivity index is 1.98. The van der Waals surface area contributed by atoms with Crippen molar-refractivity contribution >= 4 is 33.3 Å². The Morgan fingerprint density at radius 3 is 3.04 bits per heavy atom. The zero-order chi connectivity index (χ0) is 17.1. The van der Waals surface area contributed by atoms with Crippen LogP contribution in [0.3, 0.4) is 0 Å². The summed E-state index contributed by atoms with van der Waals surface area (Å²) in [5.74, 6) is 0.733. The summed E-state index contributed by atoms with van der Waals surface area (Å²) in [6, 6.07) is 6.17. The maximum absolute atomic E-state index is 13.5. The number of nitrogens with zero attached hydrogens (tertiary/aromatic N) is 2. The van der Waals surface area contributed by atoms with Gasteiger partial charge in [-0.2, -0.15) is 0 Å². The van der Waals surface area contributed by atoms with E-state index in [4.69, 9.17) is 4.74 Å². The molecule has 1 aromatic carbocycles. The lowest BCUT2D eigenvalue weighted by molar-refractivity contribution is 0.410. The lowest BCUT2D eigenvalue weighted by Gasteiger charge is -2.11. The number of methoxy groups -OCH3 is 1. The first-order valence-electron chi connectivity index (χ1n) is 7.18. The number of allylic oxidation sites excluding steroid dienone is 1. The van der Waals surface area contributed by atoms with Crippen LogP contribution in [0.15, 0.2) is 52.3 Å². The number of fused-ring (bicyclic) bond motifs is 1. The predicted molar refractivity (Wildman–Crippen MR) is 96.6 cm³/mol. The zero-order valence-electron chi connectivity index (χ0n) is 13.0. The molecule has 0 aliphatic rings. The van der Waals surface area contributed by atoms with Gasteiger partial charge in [0.2, 0.25) is 0 Å². The third kappa shape index (κ3) is 3.22. The van der Waals surface area contributed by atoms with Crippen molar-refractivity contribution in [3.05, 3.63) is 64.0 Å². The summed E-state index contributed by atoms with van der Waals surface area (Å²) in [4.78, 5) is 17.8. The number of aromatic nitrogens is 2. The van der Waals surface area contributed by atoms with Gasteiger partial charge >= 0.3 is 0 Å². The third-order valence-electron chi connectivity index (χ3n) is 3.46. The van der Waals surface area contributed by atoms with E-state index in [1.807, 2.05) is 5.38 Å². The van der Waals surface area contributed by atoms with Crippen molar-refractivity contribution < 1.29 is 9.13 Å². The molecule has 0 unspecified atom stereocenters. The normalized spacial score (nSPS) is 10.9. The molecule has 24 heavy (non-hydrogen) atoms. The molecule has 0 N–H and O–H groups in total. The third-order valence-corrected chi connectivity index (χ3v) is 5.29. The van der Waals surface area contributed by atoms with Crippen LogP contribution in [0.1, 0.15) is 5.56 Å². The van der Waals surface area contributed by atoms with Gasteiger partial charge in [0.15, 0.2) is 5.16 Å². The molecule has 0 bridgehead atoms. The Labute approximate surface area is 146 Å². The topological polar surface area (TPSA) is 44.1 Å². The fourth-order valence-electron chi connectivity index (χ4n) is 2.33. The number of hydrogen-bond acceptors (Lipinski definition) is 5. The largest absolute Gasteiger partial charge is 0.496 e. The molecule has 0 aliphatic heterocycles. The van der Waals surface area contributed by atoms with Gasteiger partial charge in [-0.05, 0) is 29.6 Å². The molecule has 3 rings (SSSR count). The van der Waals surface area contributed by atoms with Crippen LogP contribution < -0.4 is 10.3 Å². The first-order chi connectivity index (χ1) is 11.6. The van der Waals surface area contributed by atoms with Crippen molar-refractivity contribution in [1.82, 2.24) is 9.55 Å². The SMILES string of the molecule is C=CCn1c(SCc2cc(F)ccc2OC)nc2sccc2c1=O. The van der Waals surface area contributed by atoms with Crippen LogP contribution in [0.5, 0.6) is 5.75 Å². The van der Waals surface area contributed by atoms with E-state index in [0.29, 0.717) is 39.0 Å². The molecule has 0 atom stereocenters. The van der Waals surface area contributed by atoms with Crippen molar-refractivity contribution in [1.29, 1.82) is 0 Å². The number of hydrogen-bond donors (Lipinski definition) is 0. The first kappa shape index (κ1) is 16.7. The average Bonchev–Trinajstić information content (AvgIpc) is 3.05. The summed E-state index contributed by atoms with van der Waals surface area (Å²) >= 11 is 2.80. The van der Waals surface area contributed by atoms with Crippen LogP contribution in [0.25, 0.3) is 10.2 Å². The van der Waals surface area contributed by atoms with Gasteiger partial charge in [0, 0.05) is 17.9 Å². The van der Waals surface area contributed by atoms with Crippen molar-refractivity contribution in [3.63, 3.8) is 0 Å². The molecule has 0 aliphatic carbocycles. The van der Waals surface area contributed by atoms with Gasteiger partial charge in [0.25, 0.3) is 5.56 Å². The van der Waals surface area contributed by atoms with Crippen molar-refractivity contribution in [2.75, 3.05) is 7.11 Å².